The molecule has 0 heterocycles. The van der Waals surface area contributed by atoms with Crippen molar-refractivity contribution < 1.29 is 18.3 Å². The third-order valence-corrected chi connectivity index (χ3v) is 1.87. The van der Waals surface area contributed by atoms with Crippen LogP contribution in [-0.4, -0.2) is 19.0 Å². The van der Waals surface area contributed by atoms with Gasteiger partial charge in [0.05, 0.1) is 6.61 Å². The summed E-state index contributed by atoms with van der Waals surface area (Å²) in [5.41, 5.74) is -0.0709. The fourth-order valence-electron chi connectivity index (χ4n) is 1.10. The second kappa shape index (κ2) is 4.35. The molecule has 0 aromatic heterocycles. The average Bonchev–Trinajstić information content (AvgIpc) is 2.82. The van der Waals surface area contributed by atoms with Crippen LogP contribution in [0.1, 0.15) is 19.8 Å². The van der Waals surface area contributed by atoms with Crippen LogP contribution in [-0.2, 0) is 9.53 Å². The first-order chi connectivity index (χ1) is 6.15. The Kier molecular flexibility index (Phi) is 3.39. The van der Waals surface area contributed by atoms with Gasteiger partial charge in [-0.2, -0.15) is 0 Å². The van der Waals surface area contributed by atoms with Crippen LogP contribution in [0.15, 0.2) is 11.6 Å². The predicted molar refractivity (Wildman–Crippen MR) is 43.4 cm³/mol. The van der Waals surface area contributed by atoms with Crippen LogP contribution in [0.2, 0.25) is 0 Å². The second-order valence-corrected chi connectivity index (χ2v) is 2.97. The molecular formula is C9H12F2O2. The van der Waals surface area contributed by atoms with Crippen molar-refractivity contribution in [1.29, 1.82) is 0 Å². The van der Waals surface area contributed by atoms with Crippen LogP contribution in [0.25, 0.3) is 0 Å². The second-order valence-electron chi connectivity index (χ2n) is 2.97. The molecule has 0 spiro atoms. The summed E-state index contributed by atoms with van der Waals surface area (Å²) >= 11 is 0. The summed E-state index contributed by atoms with van der Waals surface area (Å²) in [6.07, 6.45) is -0.0753. The molecule has 0 unspecified atom stereocenters. The smallest absolute Gasteiger partial charge is 0.330 e. The fraction of sp³-hybridized carbons (Fsp3) is 0.667. The summed E-state index contributed by atoms with van der Waals surface area (Å²) in [5, 5.41) is 0. The monoisotopic (exact) mass is 190 g/mol. The van der Waals surface area contributed by atoms with Gasteiger partial charge < -0.3 is 4.74 Å². The number of allylic oxidation sites excluding steroid dienone is 1. The highest BCUT2D eigenvalue weighted by Crippen LogP contribution is 2.39. The zero-order chi connectivity index (χ0) is 9.84. The molecule has 0 aromatic rings. The topological polar surface area (TPSA) is 26.3 Å². The van der Waals surface area contributed by atoms with E-state index in [1.165, 1.54) is 0 Å². The highest BCUT2D eigenvalue weighted by molar-refractivity contribution is 5.83. The van der Waals surface area contributed by atoms with Gasteiger partial charge in [0, 0.05) is 11.6 Å². The number of esters is 1. The Morgan fingerprint density at radius 2 is 2.23 bits per heavy atom. The largest absolute Gasteiger partial charge is 0.463 e. The quantitative estimate of drug-likeness (QED) is 0.501. The van der Waals surface area contributed by atoms with Gasteiger partial charge in [0.1, 0.15) is 0 Å². The SMILES string of the molecule is CCOC(=O)/C=C(\C(F)F)C1CC1. The molecule has 0 saturated heterocycles. The molecule has 1 aliphatic rings. The number of alkyl halides is 2. The lowest BCUT2D eigenvalue weighted by Gasteiger charge is -2.03. The van der Waals surface area contributed by atoms with Gasteiger partial charge in [-0.1, -0.05) is 0 Å². The van der Waals surface area contributed by atoms with Crippen LogP contribution < -0.4 is 0 Å². The van der Waals surface area contributed by atoms with Crippen molar-refractivity contribution in [2.45, 2.75) is 26.2 Å². The molecule has 74 valence electrons. The Balaban J connectivity index is 2.57. The van der Waals surface area contributed by atoms with E-state index in [0.717, 1.165) is 18.9 Å². The van der Waals surface area contributed by atoms with E-state index in [-0.39, 0.29) is 18.1 Å². The van der Waals surface area contributed by atoms with Gasteiger partial charge in [0.2, 0.25) is 0 Å². The summed E-state index contributed by atoms with van der Waals surface area (Å²) in [4.78, 5) is 10.9. The van der Waals surface area contributed by atoms with Crippen LogP contribution >= 0.6 is 0 Å². The van der Waals surface area contributed by atoms with Crippen LogP contribution in [0.3, 0.4) is 0 Å². The van der Waals surface area contributed by atoms with E-state index < -0.39 is 12.4 Å². The van der Waals surface area contributed by atoms with Gasteiger partial charge in [-0.05, 0) is 25.7 Å². The van der Waals surface area contributed by atoms with Crippen LogP contribution in [0.4, 0.5) is 8.78 Å². The lowest BCUT2D eigenvalue weighted by atomic mass is 10.1. The number of hydrogen-bond acceptors (Lipinski definition) is 2. The van der Waals surface area contributed by atoms with Crippen molar-refractivity contribution in [3.05, 3.63) is 11.6 Å². The predicted octanol–water partition coefficient (Wildman–Crippen LogP) is 2.15. The molecule has 1 saturated carbocycles. The van der Waals surface area contributed by atoms with E-state index in [1.807, 2.05) is 0 Å². The highest BCUT2D eigenvalue weighted by atomic mass is 19.3. The van der Waals surface area contributed by atoms with Crippen LogP contribution in [0, 0.1) is 5.92 Å². The minimum atomic E-state index is -2.53. The van der Waals surface area contributed by atoms with Gasteiger partial charge in [-0.25, -0.2) is 13.6 Å². The molecule has 4 heteroatoms. The van der Waals surface area contributed by atoms with Crippen molar-refractivity contribution >= 4 is 5.97 Å². The van der Waals surface area contributed by atoms with E-state index in [9.17, 15) is 13.6 Å². The normalized spacial score (nSPS) is 17.7. The maximum atomic E-state index is 12.3. The maximum Gasteiger partial charge on any atom is 0.330 e. The first kappa shape index (κ1) is 10.2. The summed E-state index contributed by atoms with van der Waals surface area (Å²) < 4.78 is 29.2. The third-order valence-electron chi connectivity index (χ3n) is 1.87. The molecule has 1 fully saturated rings. The number of halogens is 2. The zero-order valence-electron chi connectivity index (χ0n) is 7.43. The summed E-state index contributed by atoms with van der Waals surface area (Å²) in [6, 6.07) is 0. The zero-order valence-corrected chi connectivity index (χ0v) is 7.43. The molecule has 0 aliphatic heterocycles. The molecule has 0 amide bonds. The fourth-order valence-corrected chi connectivity index (χ4v) is 1.10. The van der Waals surface area contributed by atoms with Crippen molar-refractivity contribution in [1.82, 2.24) is 0 Å². The molecular weight excluding hydrogens is 178 g/mol. The number of rotatable bonds is 4. The van der Waals surface area contributed by atoms with Gasteiger partial charge >= 0.3 is 5.97 Å². The molecule has 0 radical (unpaired) electrons. The number of hydrogen-bond donors (Lipinski definition) is 0. The van der Waals surface area contributed by atoms with Crippen LogP contribution in [0.5, 0.6) is 0 Å². The van der Waals surface area contributed by atoms with Gasteiger partial charge in [0.15, 0.2) is 0 Å². The van der Waals surface area contributed by atoms with E-state index in [2.05, 4.69) is 4.74 Å². The van der Waals surface area contributed by atoms with Crippen molar-refractivity contribution in [3.63, 3.8) is 0 Å². The Morgan fingerprint density at radius 1 is 1.62 bits per heavy atom. The average molecular weight is 190 g/mol. The Morgan fingerprint density at radius 3 is 2.62 bits per heavy atom. The van der Waals surface area contributed by atoms with E-state index >= 15 is 0 Å². The van der Waals surface area contributed by atoms with Crippen molar-refractivity contribution in [3.8, 4) is 0 Å². The van der Waals surface area contributed by atoms with Gasteiger partial charge in [-0.15, -0.1) is 0 Å². The molecule has 13 heavy (non-hydrogen) atoms. The number of carbonyl (C=O) groups excluding carboxylic acids is 1. The minimum Gasteiger partial charge on any atom is -0.463 e. The van der Waals surface area contributed by atoms with E-state index in [0.29, 0.717) is 0 Å². The van der Waals surface area contributed by atoms with Crippen molar-refractivity contribution in [2.24, 2.45) is 5.92 Å². The lowest BCUT2D eigenvalue weighted by Crippen LogP contribution is -2.06. The van der Waals surface area contributed by atoms with E-state index in [1.54, 1.807) is 6.92 Å². The number of ether oxygens (including phenoxy) is 1. The Hall–Kier alpha value is -0.930. The molecule has 1 aliphatic carbocycles. The highest BCUT2D eigenvalue weighted by Gasteiger charge is 2.31. The summed E-state index contributed by atoms with van der Waals surface area (Å²) in [6.45, 7) is 1.86. The summed E-state index contributed by atoms with van der Waals surface area (Å²) in [5.74, 6) is -0.755. The standard InChI is InChI=1S/C9H12F2O2/c1-2-13-8(12)5-7(9(10)11)6-3-4-6/h5-6,9H,2-4H2,1H3/b7-5-. The Bertz CT molecular complexity index is 216. The van der Waals surface area contributed by atoms with E-state index in [4.69, 9.17) is 0 Å². The molecule has 0 aromatic carbocycles. The molecule has 2 nitrogen and oxygen atoms in total. The van der Waals surface area contributed by atoms with Gasteiger partial charge in [0.25, 0.3) is 6.43 Å². The maximum absolute atomic E-state index is 12.3. The minimum absolute atomic E-state index is 0.0709. The molecule has 1 rings (SSSR count). The molecule has 0 atom stereocenters. The third kappa shape index (κ3) is 3.13. The summed E-state index contributed by atoms with van der Waals surface area (Å²) in [7, 11) is 0. The first-order valence-electron chi connectivity index (χ1n) is 4.31. The van der Waals surface area contributed by atoms with Crippen molar-refractivity contribution in [2.75, 3.05) is 6.61 Å². The number of carbonyl (C=O) groups is 1. The first-order valence-corrected chi connectivity index (χ1v) is 4.31. The Labute approximate surface area is 75.6 Å². The lowest BCUT2D eigenvalue weighted by molar-refractivity contribution is -0.137. The van der Waals surface area contributed by atoms with Gasteiger partial charge in [-0.3, -0.25) is 0 Å². The molecule has 0 N–H and O–H groups in total. The molecule has 0 bridgehead atoms.